The summed E-state index contributed by atoms with van der Waals surface area (Å²) in [6.07, 6.45) is 3.33. The molecule has 0 saturated carbocycles. The number of rotatable bonds is 7. The van der Waals surface area contributed by atoms with E-state index in [4.69, 9.17) is 34.8 Å². The minimum atomic E-state index is -0.241. The van der Waals surface area contributed by atoms with Crippen LogP contribution in [0.4, 0.5) is 0 Å². The zero-order valence-corrected chi connectivity index (χ0v) is 18.9. The van der Waals surface area contributed by atoms with Crippen molar-refractivity contribution in [2.24, 2.45) is 10.2 Å². The molecule has 30 heavy (non-hydrogen) atoms. The van der Waals surface area contributed by atoms with Gasteiger partial charge in [-0.15, -0.1) is 0 Å². The summed E-state index contributed by atoms with van der Waals surface area (Å²) < 4.78 is 0. The molecule has 0 aliphatic heterocycles. The van der Waals surface area contributed by atoms with Crippen LogP contribution >= 0.6 is 34.8 Å². The van der Waals surface area contributed by atoms with Crippen molar-refractivity contribution >= 4 is 47.2 Å². The largest absolute Gasteiger partial charge is 0.272 e. The summed E-state index contributed by atoms with van der Waals surface area (Å²) in [6, 6.07) is 22.7. The van der Waals surface area contributed by atoms with E-state index in [9.17, 15) is 0 Å². The first-order valence-corrected chi connectivity index (χ1v) is 10.4. The first-order chi connectivity index (χ1) is 14.4. The highest BCUT2D eigenvalue weighted by Gasteiger charge is 2.20. The van der Waals surface area contributed by atoms with Crippen molar-refractivity contribution in [3.8, 4) is 0 Å². The van der Waals surface area contributed by atoms with Gasteiger partial charge in [0.15, 0.2) is 6.17 Å². The molecule has 0 fully saturated rings. The third-order valence-corrected chi connectivity index (χ3v) is 5.15. The Labute approximate surface area is 192 Å². The molecule has 0 atom stereocenters. The van der Waals surface area contributed by atoms with E-state index in [1.165, 1.54) is 0 Å². The normalized spacial score (nSPS) is 12.4. The van der Waals surface area contributed by atoms with Crippen LogP contribution in [0, 0.1) is 0 Å². The Morgan fingerprint density at radius 3 is 1.30 bits per heavy atom. The fourth-order valence-corrected chi connectivity index (χ4v) is 3.23. The lowest BCUT2D eigenvalue weighted by atomic mass is 10.1. The fraction of sp³-hybridized carbons (Fsp3) is 0.130. The van der Waals surface area contributed by atoms with Crippen molar-refractivity contribution in [3.63, 3.8) is 0 Å². The maximum absolute atomic E-state index is 6.08. The number of benzene rings is 3. The summed E-state index contributed by atoms with van der Waals surface area (Å²) in [5, 5.41) is 15.0. The van der Waals surface area contributed by atoms with Gasteiger partial charge in [0.25, 0.3) is 0 Å². The van der Waals surface area contributed by atoms with Gasteiger partial charge in [-0.1, -0.05) is 71.2 Å². The molecule has 3 rings (SSSR count). The maximum Gasteiger partial charge on any atom is 0.159 e. The smallest absolute Gasteiger partial charge is 0.159 e. The monoisotopic (exact) mass is 458 g/mol. The lowest BCUT2D eigenvalue weighted by Gasteiger charge is -2.32. The molecule has 0 radical (unpaired) electrons. The van der Waals surface area contributed by atoms with Crippen LogP contribution in [-0.4, -0.2) is 36.5 Å². The molecule has 0 spiro atoms. The first-order valence-electron chi connectivity index (χ1n) is 9.22. The van der Waals surface area contributed by atoms with Gasteiger partial charge in [0.05, 0.1) is 12.4 Å². The molecule has 0 saturated heterocycles. The molecule has 154 valence electrons. The van der Waals surface area contributed by atoms with Crippen LogP contribution < -0.4 is 0 Å². The van der Waals surface area contributed by atoms with Crippen LogP contribution in [-0.2, 0) is 0 Å². The standard InChI is InChI=1S/C23H21Cl3N4/c1-29(27-15-17-3-9-20(24)10-4-17)23(19-7-13-22(26)14-8-19)30(2)28-16-18-5-11-21(25)12-6-18/h3-16,23H,1-2H3. The van der Waals surface area contributed by atoms with Gasteiger partial charge in [0, 0.05) is 29.2 Å². The van der Waals surface area contributed by atoms with Gasteiger partial charge >= 0.3 is 0 Å². The van der Waals surface area contributed by atoms with E-state index < -0.39 is 0 Å². The van der Waals surface area contributed by atoms with E-state index in [1.807, 2.05) is 96.9 Å². The van der Waals surface area contributed by atoms with Crippen molar-refractivity contribution in [2.75, 3.05) is 14.1 Å². The van der Waals surface area contributed by atoms with Gasteiger partial charge in [-0.2, -0.15) is 10.2 Å². The Balaban J connectivity index is 1.84. The molecule has 0 heterocycles. The van der Waals surface area contributed by atoms with Gasteiger partial charge in [0.1, 0.15) is 0 Å². The molecule has 0 amide bonds. The van der Waals surface area contributed by atoms with Crippen molar-refractivity contribution < 1.29 is 0 Å². The van der Waals surface area contributed by atoms with Crippen molar-refractivity contribution in [1.82, 2.24) is 10.0 Å². The highest BCUT2D eigenvalue weighted by molar-refractivity contribution is 6.31. The molecule has 7 heteroatoms. The van der Waals surface area contributed by atoms with Crippen LogP contribution in [0.25, 0.3) is 0 Å². The van der Waals surface area contributed by atoms with Crippen molar-refractivity contribution in [1.29, 1.82) is 0 Å². The molecular weight excluding hydrogens is 439 g/mol. The van der Waals surface area contributed by atoms with Crippen LogP contribution in [0.2, 0.25) is 15.1 Å². The van der Waals surface area contributed by atoms with E-state index in [-0.39, 0.29) is 6.17 Å². The molecular formula is C23H21Cl3N4. The second-order valence-electron chi connectivity index (χ2n) is 6.66. The van der Waals surface area contributed by atoms with E-state index >= 15 is 0 Å². The summed E-state index contributed by atoms with van der Waals surface area (Å²) in [6.45, 7) is 0. The van der Waals surface area contributed by atoms with Crippen LogP contribution in [0.1, 0.15) is 22.9 Å². The number of halogens is 3. The highest BCUT2D eigenvalue weighted by atomic mass is 35.5. The Bertz CT molecular complexity index is 939. The van der Waals surface area contributed by atoms with Crippen molar-refractivity contribution in [2.45, 2.75) is 6.17 Å². The quantitative estimate of drug-likeness (QED) is 0.227. The Kier molecular flexibility index (Phi) is 7.75. The van der Waals surface area contributed by atoms with Gasteiger partial charge in [-0.05, 0) is 53.1 Å². The molecule has 4 nitrogen and oxygen atoms in total. The predicted molar refractivity (Wildman–Crippen MR) is 128 cm³/mol. The van der Waals surface area contributed by atoms with Crippen LogP contribution in [0.15, 0.2) is 83.0 Å². The maximum atomic E-state index is 6.08. The predicted octanol–water partition coefficient (Wildman–Crippen LogP) is 6.58. The SMILES string of the molecule is CN(N=Cc1ccc(Cl)cc1)C(c1ccc(Cl)cc1)N(C)N=Cc1ccc(Cl)cc1. The Morgan fingerprint density at radius 2 is 0.933 bits per heavy atom. The summed E-state index contributed by atoms with van der Waals surface area (Å²) in [5.41, 5.74) is 2.91. The minimum absolute atomic E-state index is 0.241. The third kappa shape index (κ3) is 6.23. The molecule has 0 unspecified atom stereocenters. The Hall–Kier alpha value is -2.53. The molecule has 0 aliphatic rings. The van der Waals surface area contributed by atoms with Gasteiger partial charge in [0.2, 0.25) is 0 Å². The molecule has 0 aliphatic carbocycles. The van der Waals surface area contributed by atoms with Gasteiger partial charge in [-0.25, -0.2) is 0 Å². The summed E-state index contributed by atoms with van der Waals surface area (Å²) >= 11 is 18.0. The number of hydrazone groups is 2. The second kappa shape index (κ2) is 10.5. The average Bonchev–Trinajstić information content (AvgIpc) is 2.74. The fourth-order valence-electron chi connectivity index (χ4n) is 2.85. The molecule has 0 aromatic heterocycles. The lowest BCUT2D eigenvalue weighted by molar-refractivity contribution is 0.0897. The van der Waals surface area contributed by atoms with Gasteiger partial charge in [-0.3, -0.25) is 10.0 Å². The third-order valence-electron chi connectivity index (χ3n) is 4.39. The van der Waals surface area contributed by atoms with Gasteiger partial charge < -0.3 is 0 Å². The van der Waals surface area contributed by atoms with Crippen LogP contribution in [0.5, 0.6) is 0 Å². The zero-order valence-electron chi connectivity index (χ0n) is 16.6. The van der Waals surface area contributed by atoms with E-state index in [0.29, 0.717) is 15.1 Å². The number of hydrogen-bond donors (Lipinski definition) is 0. The number of nitrogens with zero attached hydrogens (tertiary/aromatic N) is 4. The summed E-state index contributed by atoms with van der Waals surface area (Å²) in [7, 11) is 3.81. The average molecular weight is 460 g/mol. The zero-order chi connectivity index (χ0) is 21.5. The molecule has 0 N–H and O–H groups in total. The molecule has 3 aromatic carbocycles. The van der Waals surface area contributed by atoms with E-state index in [0.717, 1.165) is 16.7 Å². The second-order valence-corrected chi connectivity index (χ2v) is 7.97. The minimum Gasteiger partial charge on any atom is -0.272 e. The topological polar surface area (TPSA) is 31.2 Å². The summed E-state index contributed by atoms with van der Waals surface area (Å²) in [4.78, 5) is 0. The Morgan fingerprint density at radius 1 is 0.600 bits per heavy atom. The summed E-state index contributed by atoms with van der Waals surface area (Å²) in [5.74, 6) is 0. The molecule has 0 bridgehead atoms. The van der Waals surface area contributed by atoms with Crippen molar-refractivity contribution in [3.05, 3.63) is 105 Å². The highest BCUT2D eigenvalue weighted by Crippen LogP contribution is 2.25. The number of hydrogen-bond acceptors (Lipinski definition) is 4. The lowest BCUT2D eigenvalue weighted by Crippen LogP contribution is -2.31. The molecule has 3 aromatic rings. The van der Waals surface area contributed by atoms with Crippen LogP contribution in [0.3, 0.4) is 0 Å². The van der Waals surface area contributed by atoms with E-state index in [1.54, 1.807) is 12.4 Å². The van der Waals surface area contributed by atoms with E-state index in [2.05, 4.69) is 10.2 Å². The first kappa shape index (κ1) is 22.2.